The molecule has 0 saturated heterocycles. The Morgan fingerprint density at radius 2 is 1.74 bits per heavy atom. The summed E-state index contributed by atoms with van der Waals surface area (Å²) in [4.78, 5) is 24.4. The maximum atomic E-state index is 12.3. The van der Waals surface area contributed by atoms with Crippen LogP contribution in [0.2, 0.25) is 5.02 Å². The number of esters is 1. The molecule has 1 amide bonds. The van der Waals surface area contributed by atoms with Gasteiger partial charge in [0.25, 0.3) is 5.91 Å². The number of hydrogen-bond donors (Lipinski definition) is 1. The van der Waals surface area contributed by atoms with Crippen LogP contribution in [0.1, 0.15) is 21.5 Å². The lowest BCUT2D eigenvalue weighted by molar-refractivity contribution is -0.119. The van der Waals surface area contributed by atoms with Gasteiger partial charge in [-0.1, -0.05) is 35.9 Å². The zero-order valence-corrected chi connectivity index (χ0v) is 20.0. The molecule has 0 spiro atoms. The van der Waals surface area contributed by atoms with Gasteiger partial charge in [0.05, 0.1) is 23.7 Å². The van der Waals surface area contributed by atoms with Crippen LogP contribution < -0.4 is 14.5 Å². The second-order valence-electron chi connectivity index (χ2n) is 7.32. The summed E-state index contributed by atoms with van der Waals surface area (Å²) in [5.41, 5.74) is 4.43. The lowest BCUT2D eigenvalue weighted by Gasteiger charge is -2.21. The molecular weight excluding hydrogens is 478 g/mol. The van der Waals surface area contributed by atoms with E-state index in [1.807, 2.05) is 0 Å². The summed E-state index contributed by atoms with van der Waals surface area (Å²) in [5.74, 6) is -0.748. The van der Waals surface area contributed by atoms with Gasteiger partial charge in [0.15, 0.2) is 0 Å². The van der Waals surface area contributed by atoms with Crippen LogP contribution in [-0.2, 0) is 14.8 Å². The van der Waals surface area contributed by atoms with Crippen LogP contribution >= 0.6 is 11.6 Å². The van der Waals surface area contributed by atoms with Crippen molar-refractivity contribution in [2.45, 2.75) is 6.92 Å². The van der Waals surface area contributed by atoms with Crippen molar-refractivity contribution >= 4 is 45.4 Å². The van der Waals surface area contributed by atoms with Gasteiger partial charge in [0, 0.05) is 5.02 Å². The van der Waals surface area contributed by atoms with Gasteiger partial charge < -0.3 is 4.74 Å². The Balaban J connectivity index is 1.59. The molecule has 0 fully saturated rings. The summed E-state index contributed by atoms with van der Waals surface area (Å²) in [7, 11) is -3.73. The summed E-state index contributed by atoms with van der Waals surface area (Å²) < 4.78 is 30.6. The van der Waals surface area contributed by atoms with E-state index in [2.05, 4.69) is 10.5 Å². The monoisotopic (exact) mass is 499 g/mol. The molecular formula is C24H22ClN3O5S. The number of aryl methyl sites for hydroxylation is 1. The van der Waals surface area contributed by atoms with Gasteiger partial charge in [-0.15, -0.1) is 0 Å². The van der Waals surface area contributed by atoms with E-state index in [9.17, 15) is 18.0 Å². The number of hydrogen-bond acceptors (Lipinski definition) is 6. The van der Waals surface area contributed by atoms with Crippen LogP contribution in [-0.4, -0.2) is 39.3 Å². The standard InChI is InChI=1S/C24H22ClN3O5S/c1-17-8-11-20(14-22(17)25)28(34(2,31)32)16-23(29)27-26-15-18-9-12-21(13-10-18)33-24(30)19-6-4-3-5-7-19/h3-15H,16H2,1-2H3,(H,27,29)/b26-15-. The van der Waals surface area contributed by atoms with E-state index in [4.69, 9.17) is 16.3 Å². The number of sulfonamides is 1. The summed E-state index contributed by atoms with van der Waals surface area (Å²) in [6.45, 7) is 1.32. The Labute approximate surface area is 202 Å². The van der Waals surface area contributed by atoms with E-state index in [-0.39, 0.29) is 5.69 Å². The van der Waals surface area contributed by atoms with E-state index in [0.29, 0.717) is 21.9 Å². The second kappa shape index (κ2) is 11.0. The first kappa shape index (κ1) is 24.9. The Bertz CT molecular complexity index is 1310. The fraction of sp³-hybridized carbons (Fsp3) is 0.125. The first-order valence-electron chi connectivity index (χ1n) is 10.1. The second-order valence-corrected chi connectivity index (χ2v) is 9.63. The number of rotatable bonds is 8. The number of amides is 1. The van der Waals surface area contributed by atoms with Gasteiger partial charge in [-0.25, -0.2) is 18.6 Å². The normalized spacial score (nSPS) is 11.3. The molecule has 0 atom stereocenters. The number of ether oxygens (including phenoxy) is 1. The molecule has 176 valence electrons. The van der Waals surface area contributed by atoms with Gasteiger partial charge in [0.2, 0.25) is 10.0 Å². The zero-order valence-electron chi connectivity index (χ0n) is 18.4. The van der Waals surface area contributed by atoms with Gasteiger partial charge in [-0.2, -0.15) is 5.10 Å². The van der Waals surface area contributed by atoms with Crippen LogP contribution in [0.3, 0.4) is 0 Å². The number of carbonyl (C=O) groups excluding carboxylic acids is 2. The number of nitrogens with zero attached hydrogens (tertiary/aromatic N) is 2. The van der Waals surface area contributed by atoms with Crippen LogP contribution in [0.25, 0.3) is 0 Å². The van der Waals surface area contributed by atoms with Crippen LogP contribution in [0, 0.1) is 6.92 Å². The third kappa shape index (κ3) is 6.90. The number of nitrogens with one attached hydrogen (secondary N) is 1. The summed E-state index contributed by atoms with van der Waals surface area (Å²) >= 11 is 6.09. The van der Waals surface area contributed by atoms with Crippen molar-refractivity contribution in [1.29, 1.82) is 0 Å². The molecule has 3 rings (SSSR count). The fourth-order valence-electron chi connectivity index (χ4n) is 2.84. The molecule has 0 saturated carbocycles. The van der Waals surface area contributed by atoms with Crippen molar-refractivity contribution < 1.29 is 22.7 Å². The number of halogens is 1. The predicted octanol–water partition coefficient (Wildman–Crippen LogP) is 3.78. The average Bonchev–Trinajstić information content (AvgIpc) is 2.80. The maximum Gasteiger partial charge on any atom is 0.343 e. The van der Waals surface area contributed by atoms with E-state index in [1.54, 1.807) is 73.7 Å². The first-order valence-corrected chi connectivity index (χ1v) is 12.3. The van der Waals surface area contributed by atoms with Crippen molar-refractivity contribution in [3.63, 3.8) is 0 Å². The van der Waals surface area contributed by atoms with Gasteiger partial charge in [-0.05, 0) is 66.6 Å². The molecule has 1 N–H and O–H groups in total. The molecule has 0 radical (unpaired) electrons. The molecule has 0 aliphatic rings. The van der Waals surface area contributed by atoms with Gasteiger partial charge >= 0.3 is 5.97 Å². The molecule has 10 heteroatoms. The third-order valence-electron chi connectivity index (χ3n) is 4.63. The van der Waals surface area contributed by atoms with Crippen LogP contribution in [0.15, 0.2) is 77.9 Å². The molecule has 0 aromatic heterocycles. The summed E-state index contributed by atoms with van der Waals surface area (Å²) in [5, 5.41) is 4.25. The SMILES string of the molecule is Cc1ccc(N(CC(=O)N/N=C\c2ccc(OC(=O)c3ccccc3)cc2)S(C)(=O)=O)cc1Cl. The largest absolute Gasteiger partial charge is 0.423 e. The minimum Gasteiger partial charge on any atom is -0.423 e. The van der Waals surface area contributed by atoms with E-state index >= 15 is 0 Å². The summed E-state index contributed by atoms with van der Waals surface area (Å²) in [6, 6.07) is 19.8. The van der Waals surface area contributed by atoms with Crippen LogP contribution in [0.5, 0.6) is 5.75 Å². The lowest BCUT2D eigenvalue weighted by atomic mass is 10.2. The highest BCUT2D eigenvalue weighted by molar-refractivity contribution is 7.92. The molecule has 0 aliphatic carbocycles. The zero-order chi connectivity index (χ0) is 24.7. The first-order chi connectivity index (χ1) is 16.1. The lowest BCUT2D eigenvalue weighted by Crippen LogP contribution is -2.39. The Morgan fingerprint density at radius 1 is 1.06 bits per heavy atom. The van der Waals surface area contributed by atoms with Crippen molar-refractivity contribution in [1.82, 2.24) is 5.43 Å². The quantitative estimate of drug-likeness (QED) is 0.220. The number of carbonyl (C=O) groups is 2. The fourth-order valence-corrected chi connectivity index (χ4v) is 3.87. The molecule has 0 bridgehead atoms. The summed E-state index contributed by atoms with van der Waals surface area (Å²) in [6.07, 6.45) is 2.39. The molecule has 0 unspecified atom stereocenters. The predicted molar refractivity (Wildman–Crippen MR) is 132 cm³/mol. The minimum atomic E-state index is -3.73. The van der Waals surface area contributed by atoms with Crippen molar-refractivity contribution in [3.05, 3.63) is 94.5 Å². The molecule has 8 nitrogen and oxygen atoms in total. The van der Waals surface area contributed by atoms with Crippen molar-refractivity contribution in [2.75, 3.05) is 17.1 Å². The average molecular weight is 500 g/mol. The highest BCUT2D eigenvalue weighted by atomic mass is 35.5. The van der Waals surface area contributed by atoms with E-state index in [0.717, 1.165) is 16.1 Å². The van der Waals surface area contributed by atoms with E-state index in [1.165, 1.54) is 12.3 Å². The molecule has 34 heavy (non-hydrogen) atoms. The highest BCUT2D eigenvalue weighted by Gasteiger charge is 2.21. The number of hydrazone groups is 1. The Kier molecular flexibility index (Phi) is 8.04. The molecule has 3 aromatic rings. The topological polar surface area (TPSA) is 105 Å². The molecule has 3 aromatic carbocycles. The Hall–Kier alpha value is -3.69. The van der Waals surface area contributed by atoms with Gasteiger partial charge in [-0.3, -0.25) is 9.10 Å². The van der Waals surface area contributed by atoms with Crippen LogP contribution in [0.4, 0.5) is 5.69 Å². The molecule has 0 heterocycles. The maximum absolute atomic E-state index is 12.3. The number of benzene rings is 3. The number of anilines is 1. The minimum absolute atomic E-state index is 0.276. The van der Waals surface area contributed by atoms with Crippen molar-refractivity contribution in [3.8, 4) is 5.75 Å². The van der Waals surface area contributed by atoms with Crippen molar-refractivity contribution in [2.24, 2.45) is 5.10 Å². The van der Waals surface area contributed by atoms with Gasteiger partial charge in [0.1, 0.15) is 12.3 Å². The smallest absolute Gasteiger partial charge is 0.343 e. The highest BCUT2D eigenvalue weighted by Crippen LogP contribution is 2.24. The third-order valence-corrected chi connectivity index (χ3v) is 6.18. The molecule has 0 aliphatic heterocycles. The van der Waals surface area contributed by atoms with E-state index < -0.39 is 28.4 Å². The Morgan fingerprint density at radius 3 is 2.35 bits per heavy atom.